The highest BCUT2D eigenvalue weighted by Crippen LogP contribution is 2.12. The zero-order chi connectivity index (χ0) is 18.7. The molecule has 0 spiro atoms. The monoisotopic (exact) mass is 354 g/mol. The van der Waals surface area contributed by atoms with Gasteiger partial charge in [0, 0.05) is 12.3 Å². The van der Waals surface area contributed by atoms with Crippen LogP contribution in [0.4, 0.5) is 4.39 Å². The van der Waals surface area contributed by atoms with Crippen LogP contribution in [0.25, 0.3) is 5.65 Å². The third-order valence-electron chi connectivity index (χ3n) is 4.06. The molecule has 0 aliphatic carbocycles. The first-order valence-corrected chi connectivity index (χ1v) is 8.32. The summed E-state index contributed by atoms with van der Waals surface area (Å²) < 4.78 is 20.0. The molecule has 2 aromatic heterocycles. The van der Waals surface area contributed by atoms with Crippen LogP contribution >= 0.6 is 0 Å². The van der Waals surface area contributed by atoms with Gasteiger partial charge in [-0.1, -0.05) is 25.1 Å². The van der Waals surface area contributed by atoms with Gasteiger partial charge in [0.2, 0.25) is 0 Å². The maximum atomic E-state index is 13.2. The van der Waals surface area contributed by atoms with Gasteiger partial charge in [-0.3, -0.25) is 14.0 Å². The number of aryl methyl sites for hydroxylation is 1. The van der Waals surface area contributed by atoms with E-state index in [0.717, 1.165) is 11.1 Å². The first-order chi connectivity index (χ1) is 12.4. The minimum absolute atomic E-state index is 0.0774. The van der Waals surface area contributed by atoms with Crippen molar-refractivity contribution in [2.75, 3.05) is 0 Å². The summed E-state index contributed by atoms with van der Waals surface area (Å²) in [4.78, 5) is 28.7. The number of fused-ring (bicyclic) bond motifs is 1. The van der Waals surface area contributed by atoms with Crippen molar-refractivity contribution < 1.29 is 13.9 Å². The molecule has 26 heavy (non-hydrogen) atoms. The molecule has 0 radical (unpaired) electrons. The summed E-state index contributed by atoms with van der Waals surface area (Å²) in [6, 6.07) is 11.1. The number of hydrogen-bond donors (Lipinski definition) is 0. The number of halogens is 1. The summed E-state index contributed by atoms with van der Waals surface area (Å²) in [5, 5.41) is 0. The van der Waals surface area contributed by atoms with Crippen LogP contribution in [0.1, 0.15) is 23.7 Å². The van der Waals surface area contributed by atoms with Crippen molar-refractivity contribution >= 4 is 11.6 Å². The molecule has 0 aliphatic heterocycles. The molecule has 0 amide bonds. The highest BCUT2D eigenvalue weighted by atomic mass is 19.1. The fourth-order valence-electron chi connectivity index (χ4n) is 2.72. The third kappa shape index (κ3) is 4.14. The maximum Gasteiger partial charge on any atom is 0.309 e. The number of esters is 1. The number of carbonyl (C=O) groups is 1. The van der Waals surface area contributed by atoms with E-state index in [1.54, 1.807) is 31.3 Å². The van der Waals surface area contributed by atoms with E-state index in [0.29, 0.717) is 17.8 Å². The van der Waals surface area contributed by atoms with E-state index in [2.05, 4.69) is 4.98 Å². The Hall–Kier alpha value is -3.02. The van der Waals surface area contributed by atoms with Crippen molar-refractivity contribution in [2.24, 2.45) is 5.92 Å². The molecule has 1 aromatic carbocycles. The lowest BCUT2D eigenvalue weighted by molar-refractivity contribution is -0.149. The van der Waals surface area contributed by atoms with Crippen LogP contribution in [0, 0.1) is 18.7 Å². The molecule has 1 atom stereocenters. The van der Waals surface area contributed by atoms with Crippen molar-refractivity contribution in [1.82, 2.24) is 9.38 Å². The average molecular weight is 354 g/mol. The Balaban J connectivity index is 1.66. The average Bonchev–Trinajstić information content (AvgIpc) is 2.60. The highest BCUT2D eigenvalue weighted by molar-refractivity contribution is 5.72. The predicted molar refractivity (Wildman–Crippen MR) is 95.3 cm³/mol. The molecule has 3 rings (SSSR count). The third-order valence-corrected chi connectivity index (χ3v) is 4.06. The zero-order valence-corrected chi connectivity index (χ0v) is 14.6. The van der Waals surface area contributed by atoms with E-state index in [-0.39, 0.29) is 18.0 Å². The quantitative estimate of drug-likeness (QED) is 0.661. The number of hydrogen-bond acceptors (Lipinski definition) is 4. The van der Waals surface area contributed by atoms with Crippen molar-refractivity contribution in [3.8, 4) is 0 Å². The second-order valence-electron chi connectivity index (χ2n) is 6.36. The molecule has 6 heteroatoms. The van der Waals surface area contributed by atoms with E-state index < -0.39 is 11.9 Å². The number of carbonyl (C=O) groups excluding carboxylic acids is 1. The summed E-state index contributed by atoms with van der Waals surface area (Å²) in [5.41, 5.74) is 2.35. The van der Waals surface area contributed by atoms with Crippen LogP contribution in [0.3, 0.4) is 0 Å². The molecule has 134 valence electrons. The molecule has 0 saturated heterocycles. The van der Waals surface area contributed by atoms with Gasteiger partial charge in [0.05, 0.1) is 11.6 Å². The van der Waals surface area contributed by atoms with Gasteiger partial charge in [0.25, 0.3) is 5.56 Å². The largest absolute Gasteiger partial charge is 0.459 e. The van der Waals surface area contributed by atoms with Crippen molar-refractivity contribution in [2.45, 2.75) is 26.9 Å². The maximum absolute atomic E-state index is 13.2. The summed E-state index contributed by atoms with van der Waals surface area (Å²) >= 11 is 0. The molecule has 1 unspecified atom stereocenters. The fourth-order valence-corrected chi connectivity index (χ4v) is 2.72. The first kappa shape index (κ1) is 17.8. The predicted octanol–water partition coefficient (Wildman–Crippen LogP) is 3.06. The minimum atomic E-state index is -0.430. The fraction of sp³-hybridized carbons (Fsp3) is 0.250. The lowest BCUT2D eigenvalue weighted by Crippen LogP contribution is -2.19. The van der Waals surface area contributed by atoms with Gasteiger partial charge >= 0.3 is 5.97 Å². The number of ether oxygens (including phenoxy) is 1. The molecular formula is C20H19FN2O3. The van der Waals surface area contributed by atoms with E-state index in [1.165, 1.54) is 22.6 Å². The Morgan fingerprint density at radius 2 is 2.08 bits per heavy atom. The van der Waals surface area contributed by atoms with E-state index in [9.17, 15) is 14.0 Å². The van der Waals surface area contributed by atoms with E-state index in [1.807, 2.05) is 13.0 Å². The smallest absolute Gasteiger partial charge is 0.309 e. The van der Waals surface area contributed by atoms with Crippen LogP contribution in [0.15, 0.2) is 53.5 Å². The number of benzene rings is 1. The van der Waals surface area contributed by atoms with Crippen LogP contribution < -0.4 is 5.56 Å². The zero-order valence-electron chi connectivity index (χ0n) is 14.6. The van der Waals surface area contributed by atoms with E-state index >= 15 is 0 Å². The molecule has 0 saturated carbocycles. The summed E-state index contributed by atoms with van der Waals surface area (Å²) in [6.45, 7) is 3.53. The summed E-state index contributed by atoms with van der Waals surface area (Å²) in [6.07, 6.45) is 2.09. The van der Waals surface area contributed by atoms with Crippen molar-refractivity contribution in [3.63, 3.8) is 0 Å². The van der Waals surface area contributed by atoms with Crippen LogP contribution in [0.5, 0.6) is 0 Å². The Kier molecular flexibility index (Phi) is 5.11. The molecule has 0 fully saturated rings. The number of aromatic nitrogens is 2. The van der Waals surface area contributed by atoms with Gasteiger partial charge < -0.3 is 4.74 Å². The van der Waals surface area contributed by atoms with Crippen molar-refractivity contribution in [1.29, 1.82) is 0 Å². The molecule has 0 N–H and O–H groups in total. The number of nitrogens with zero attached hydrogens (tertiary/aromatic N) is 2. The molecule has 5 nitrogen and oxygen atoms in total. The normalized spacial score (nSPS) is 12.1. The second kappa shape index (κ2) is 7.47. The Labute approximate surface area is 150 Å². The van der Waals surface area contributed by atoms with Crippen LogP contribution in [-0.4, -0.2) is 15.4 Å². The molecule has 0 aliphatic rings. The molecule has 0 bridgehead atoms. The standard InChI is InChI=1S/C20H19FN2O3/c1-13-6-7-18-22-17(10-19(24)23(18)11-13)12-26-20(25)14(2)8-15-4-3-5-16(21)9-15/h3-7,9-11,14H,8,12H2,1-2H3. The Bertz CT molecular complexity index is 1010. The van der Waals surface area contributed by atoms with Gasteiger partial charge in [0.1, 0.15) is 18.1 Å². The lowest BCUT2D eigenvalue weighted by atomic mass is 10.0. The number of pyridine rings is 1. The molecular weight excluding hydrogens is 335 g/mol. The highest BCUT2D eigenvalue weighted by Gasteiger charge is 2.16. The Morgan fingerprint density at radius 3 is 2.85 bits per heavy atom. The molecule has 2 heterocycles. The second-order valence-corrected chi connectivity index (χ2v) is 6.36. The first-order valence-electron chi connectivity index (χ1n) is 8.32. The van der Waals surface area contributed by atoms with Gasteiger partial charge in [-0.25, -0.2) is 9.37 Å². The Morgan fingerprint density at radius 1 is 1.27 bits per heavy atom. The lowest BCUT2D eigenvalue weighted by Gasteiger charge is -2.12. The SMILES string of the molecule is Cc1ccc2nc(COC(=O)C(C)Cc3cccc(F)c3)cc(=O)n2c1. The van der Waals surface area contributed by atoms with E-state index in [4.69, 9.17) is 4.74 Å². The van der Waals surface area contributed by atoms with Crippen LogP contribution in [-0.2, 0) is 22.6 Å². The van der Waals surface area contributed by atoms with Crippen molar-refractivity contribution in [3.05, 3.63) is 81.7 Å². The van der Waals surface area contributed by atoms with Gasteiger partial charge in [-0.15, -0.1) is 0 Å². The molecule has 3 aromatic rings. The van der Waals surface area contributed by atoms with Gasteiger partial charge in [-0.05, 0) is 42.7 Å². The van der Waals surface area contributed by atoms with Gasteiger partial charge in [0.15, 0.2) is 0 Å². The topological polar surface area (TPSA) is 60.7 Å². The minimum Gasteiger partial charge on any atom is -0.459 e. The van der Waals surface area contributed by atoms with Crippen LogP contribution in [0.2, 0.25) is 0 Å². The summed E-state index contributed by atoms with van der Waals surface area (Å²) in [7, 11) is 0. The summed E-state index contributed by atoms with van der Waals surface area (Å²) in [5.74, 6) is -1.18. The number of rotatable bonds is 5. The van der Waals surface area contributed by atoms with Gasteiger partial charge in [-0.2, -0.15) is 0 Å².